The molecule has 1 aromatic carbocycles. The largest absolute Gasteiger partial charge is 0.491 e. The lowest BCUT2D eigenvalue weighted by molar-refractivity contribution is -0.137. The van der Waals surface area contributed by atoms with Crippen molar-refractivity contribution >= 4 is 11.6 Å². The average Bonchev–Trinajstić information content (AvgIpc) is 3.47. The fourth-order valence-corrected chi connectivity index (χ4v) is 5.83. The summed E-state index contributed by atoms with van der Waals surface area (Å²) in [6, 6.07) is 5.41. The number of allylic oxidation sites excluding steroid dienone is 4. The van der Waals surface area contributed by atoms with Gasteiger partial charge in [-0.15, -0.1) is 0 Å². The standard InChI is InChI=1S/C22H25F3N2O.C13H25NO/c1-4-5-15(2)12-16(3)28-20-10-8-18(9-11-20)27-19-7-6-17(14-26)21(13-19)22(23,24)25;1-3-9-14(10-4-2)13(15)11-12-7-5-6-8-12/h4-7,12-13,18,20,27H,3,8-11H2,1-2H3;12H,3-11H2,1-2H3/b5-4-,15-12-;. The molecule has 5 nitrogen and oxygen atoms in total. The van der Waals surface area contributed by atoms with E-state index in [0.29, 0.717) is 23.3 Å². The minimum absolute atomic E-state index is 0.0620. The zero-order chi connectivity index (χ0) is 31.8. The van der Waals surface area contributed by atoms with E-state index in [0.717, 1.165) is 69.7 Å². The molecule has 0 radical (unpaired) electrons. The number of alkyl halides is 3. The van der Waals surface area contributed by atoms with Crippen LogP contribution in [0.5, 0.6) is 0 Å². The molecule has 1 aromatic rings. The normalized spacial score (nSPS) is 19.3. The minimum Gasteiger partial charge on any atom is -0.491 e. The van der Waals surface area contributed by atoms with Gasteiger partial charge in [0.05, 0.1) is 23.3 Å². The third kappa shape index (κ3) is 12.9. The summed E-state index contributed by atoms with van der Waals surface area (Å²) in [5, 5.41) is 12.0. The lowest BCUT2D eigenvalue weighted by atomic mass is 9.92. The van der Waals surface area contributed by atoms with Gasteiger partial charge in [-0.25, -0.2) is 0 Å². The molecule has 43 heavy (non-hydrogen) atoms. The van der Waals surface area contributed by atoms with Crippen molar-refractivity contribution in [1.82, 2.24) is 4.90 Å². The number of nitrogens with zero attached hydrogens (tertiary/aromatic N) is 2. The first kappa shape index (κ1) is 36.0. The number of rotatable bonds is 12. The minimum atomic E-state index is -4.55. The fraction of sp³-hybridized carbons (Fsp3) is 0.600. The predicted molar refractivity (Wildman–Crippen MR) is 168 cm³/mol. The monoisotopic (exact) mass is 601 g/mol. The molecule has 2 aliphatic carbocycles. The summed E-state index contributed by atoms with van der Waals surface area (Å²) in [6.45, 7) is 14.0. The van der Waals surface area contributed by atoms with Gasteiger partial charge in [0.1, 0.15) is 5.76 Å². The number of carbonyl (C=O) groups is 1. The molecule has 1 N–H and O–H groups in total. The Morgan fingerprint density at radius 1 is 1.12 bits per heavy atom. The van der Waals surface area contributed by atoms with E-state index in [1.165, 1.54) is 37.8 Å². The molecule has 0 atom stereocenters. The number of nitrogens with one attached hydrogen (secondary N) is 1. The molecule has 1 amide bonds. The number of hydrogen-bond donors (Lipinski definition) is 1. The van der Waals surface area contributed by atoms with Gasteiger partial charge < -0.3 is 15.0 Å². The van der Waals surface area contributed by atoms with Crippen LogP contribution in [0.1, 0.15) is 109 Å². The number of benzene rings is 1. The fourth-order valence-electron chi connectivity index (χ4n) is 5.83. The molecule has 0 unspecified atom stereocenters. The van der Waals surface area contributed by atoms with Crippen molar-refractivity contribution < 1.29 is 22.7 Å². The molecule has 0 aliphatic heterocycles. The van der Waals surface area contributed by atoms with Gasteiger partial charge in [-0.05, 0) is 101 Å². The van der Waals surface area contributed by atoms with E-state index in [1.807, 2.05) is 32.1 Å². The van der Waals surface area contributed by atoms with Crippen molar-refractivity contribution in [1.29, 1.82) is 5.26 Å². The average molecular weight is 602 g/mol. The summed E-state index contributed by atoms with van der Waals surface area (Å²) in [5.74, 6) is 1.70. The number of anilines is 1. The number of nitriles is 1. The van der Waals surface area contributed by atoms with Gasteiger partial charge in [0.25, 0.3) is 0 Å². The summed E-state index contributed by atoms with van der Waals surface area (Å²) in [5.41, 5.74) is 0.167. The van der Waals surface area contributed by atoms with E-state index in [2.05, 4.69) is 30.6 Å². The molecule has 2 saturated carbocycles. The zero-order valence-electron chi connectivity index (χ0n) is 26.4. The first-order chi connectivity index (χ1) is 20.5. The van der Waals surface area contributed by atoms with E-state index in [-0.39, 0.29) is 17.7 Å². The second-order valence-electron chi connectivity index (χ2n) is 11.7. The Morgan fingerprint density at radius 3 is 2.28 bits per heavy atom. The number of ether oxygens (including phenoxy) is 1. The van der Waals surface area contributed by atoms with Gasteiger partial charge in [0, 0.05) is 31.2 Å². The van der Waals surface area contributed by atoms with Crippen LogP contribution < -0.4 is 5.32 Å². The van der Waals surface area contributed by atoms with E-state index >= 15 is 0 Å². The van der Waals surface area contributed by atoms with E-state index in [9.17, 15) is 18.0 Å². The highest BCUT2D eigenvalue weighted by Crippen LogP contribution is 2.34. The molecule has 0 bridgehead atoms. The SMILES string of the molecule is C=C(/C=C(C)\C=C/C)OC1CCC(Nc2ccc(C#N)c(C(F)(F)F)c2)CC1.CCCN(CCC)C(=O)CC1CCCC1. The van der Waals surface area contributed by atoms with Crippen LogP contribution in [0, 0.1) is 17.2 Å². The number of carbonyl (C=O) groups excluding carboxylic acids is 1. The third-order valence-corrected chi connectivity index (χ3v) is 7.90. The van der Waals surface area contributed by atoms with Crippen molar-refractivity contribution in [2.75, 3.05) is 18.4 Å². The zero-order valence-corrected chi connectivity index (χ0v) is 26.4. The summed E-state index contributed by atoms with van der Waals surface area (Å²) >= 11 is 0. The summed E-state index contributed by atoms with van der Waals surface area (Å²) < 4.78 is 45.2. The highest BCUT2D eigenvalue weighted by Gasteiger charge is 2.34. The number of halogens is 3. The Labute approximate surface area is 256 Å². The molecule has 2 fully saturated rings. The molecule has 0 spiro atoms. The van der Waals surface area contributed by atoms with E-state index in [1.54, 1.807) is 6.07 Å². The Balaban J connectivity index is 0.000000362. The van der Waals surface area contributed by atoms with Crippen LogP contribution in [-0.2, 0) is 15.7 Å². The highest BCUT2D eigenvalue weighted by molar-refractivity contribution is 5.76. The molecule has 0 aromatic heterocycles. The third-order valence-electron chi connectivity index (χ3n) is 7.90. The van der Waals surface area contributed by atoms with Gasteiger partial charge in [-0.3, -0.25) is 4.79 Å². The first-order valence-electron chi connectivity index (χ1n) is 15.8. The Morgan fingerprint density at radius 2 is 1.74 bits per heavy atom. The maximum atomic E-state index is 13.1. The lowest BCUT2D eigenvalue weighted by Gasteiger charge is -2.30. The van der Waals surface area contributed by atoms with Crippen LogP contribution in [0.2, 0.25) is 0 Å². The molecule has 238 valence electrons. The van der Waals surface area contributed by atoms with Crippen molar-refractivity contribution in [2.24, 2.45) is 5.92 Å². The molecule has 2 aliphatic rings. The van der Waals surface area contributed by atoms with Crippen LogP contribution in [0.4, 0.5) is 18.9 Å². The van der Waals surface area contributed by atoms with E-state index in [4.69, 9.17) is 10.00 Å². The predicted octanol–water partition coefficient (Wildman–Crippen LogP) is 9.57. The van der Waals surface area contributed by atoms with Crippen molar-refractivity contribution in [3.05, 3.63) is 65.5 Å². The first-order valence-corrected chi connectivity index (χ1v) is 15.8. The van der Waals surface area contributed by atoms with Gasteiger partial charge in [0.2, 0.25) is 5.91 Å². The van der Waals surface area contributed by atoms with Crippen LogP contribution in [-0.4, -0.2) is 36.0 Å². The molecular weight excluding hydrogens is 551 g/mol. The lowest BCUT2D eigenvalue weighted by Crippen LogP contribution is -2.33. The summed E-state index contributed by atoms with van der Waals surface area (Å²) in [7, 11) is 0. The molecule has 3 rings (SSSR count). The smallest absolute Gasteiger partial charge is 0.417 e. The molecule has 8 heteroatoms. The Bertz CT molecular complexity index is 1120. The molecular formula is C35H50F3N3O2. The molecule has 0 heterocycles. The van der Waals surface area contributed by atoms with Crippen molar-refractivity contribution in [2.45, 2.75) is 117 Å². The summed E-state index contributed by atoms with van der Waals surface area (Å²) in [4.78, 5) is 14.1. The van der Waals surface area contributed by atoms with Gasteiger partial charge in [-0.2, -0.15) is 18.4 Å². The summed E-state index contributed by atoms with van der Waals surface area (Å²) in [6.07, 6.45) is 12.7. The molecule has 0 saturated heterocycles. The number of hydrogen-bond acceptors (Lipinski definition) is 4. The van der Waals surface area contributed by atoms with Gasteiger partial charge in [-0.1, -0.05) is 45.4 Å². The highest BCUT2D eigenvalue weighted by atomic mass is 19.4. The van der Waals surface area contributed by atoms with Crippen LogP contribution in [0.15, 0.2) is 54.3 Å². The van der Waals surface area contributed by atoms with Crippen molar-refractivity contribution in [3.8, 4) is 6.07 Å². The quantitative estimate of drug-likeness (QED) is 0.191. The van der Waals surface area contributed by atoms with Gasteiger partial charge >= 0.3 is 6.18 Å². The van der Waals surface area contributed by atoms with E-state index < -0.39 is 11.7 Å². The van der Waals surface area contributed by atoms with Crippen molar-refractivity contribution in [3.63, 3.8) is 0 Å². The Hall–Kier alpha value is -3.21. The Kier molecular flexibility index (Phi) is 15.4. The van der Waals surface area contributed by atoms with Crippen LogP contribution in [0.25, 0.3) is 0 Å². The maximum Gasteiger partial charge on any atom is 0.417 e. The van der Waals surface area contributed by atoms with Gasteiger partial charge in [0.15, 0.2) is 0 Å². The van der Waals surface area contributed by atoms with Crippen LogP contribution in [0.3, 0.4) is 0 Å². The maximum absolute atomic E-state index is 13.1. The topological polar surface area (TPSA) is 65.4 Å². The second-order valence-corrected chi connectivity index (χ2v) is 11.7. The van der Waals surface area contributed by atoms with Crippen LogP contribution >= 0.6 is 0 Å². The number of amides is 1. The second kappa shape index (κ2) is 18.5.